The van der Waals surface area contributed by atoms with E-state index in [1.54, 1.807) is 0 Å². The van der Waals surface area contributed by atoms with Gasteiger partial charge in [0, 0.05) is 17.5 Å². The van der Waals surface area contributed by atoms with Crippen molar-refractivity contribution in [2.24, 2.45) is 0 Å². The van der Waals surface area contributed by atoms with Crippen LogP contribution in [-0.2, 0) is 27.2 Å². The average molecular weight is 469 g/mol. The van der Waals surface area contributed by atoms with Gasteiger partial charge in [0.05, 0.1) is 16.9 Å². The van der Waals surface area contributed by atoms with E-state index in [9.17, 15) is 35.2 Å². The molecule has 0 aliphatic carbocycles. The number of hydrogen-bond donors (Lipinski definition) is 1. The quantitative estimate of drug-likeness (QED) is 0.520. The van der Waals surface area contributed by atoms with Crippen LogP contribution in [0.2, 0.25) is 0 Å². The molecule has 168 valence electrons. The van der Waals surface area contributed by atoms with Crippen molar-refractivity contribution in [3.8, 4) is 11.1 Å². The van der Waals surface area contributed by atoms with Crippen molar-refractivity contribution in [2.45, 2.75) is 17.5 Å². The van der Waals surface area contributed by atoms with Crippen molar-refractivity contribution >= 4 is 21.4 Å². The lowest BCUT2D eigenvalue weighted by Crippen LogP contribution is -2.14. The summed E-state index contributed by atoms with van der Waals surface area (Å²) < 4.78 is 90.4. The van der Waals surface area contributed by atoms with Gasteiger partial charge in [-0.25, -0.2) is 17.2 Å². The standard InChI is InChI=1S/C22H16F5NO3S/c1-32(30,31)16-6-2-13(3-7-16)10-21(29)28-15-5-9-18(20(24)12-15)17-8-4-14(23)11-19(17)22(25,26)27/h2-9,11-12H,10H2,1H3,(H,28,29). The van der Waals surface area contributed by atoms with Gasteiger partial charge in [0.2, 0.25) is 5.91 Å². The number of nitrogens with one attached hydrogen (secondary N) is 1. The summed E-state index contributed by atoms with van der Waals surface area (Å²) in [6.07, 6.45) is -3.97. The van der Waals surface area contributed by atoms with Crippen LogP contribution >= 0.6 is 0 Å². The first kappa shape index (κ1) is 23.4. The third-order valence-corrected chi connectivity index (χ3v) is 5.67. The summed E-state index contributed by atoms with van der Waals surface area (Å²) >= 11 is 0. The van der Waals surface area contributed by atoms with Crippen molar-refractivity contribution in [2.75, 3.05) is 11.6 Å². The van der Waals surface area contributed by atoms with Crippen molar-refractivity contribution in [3.05, 3.63) is 83.4 Å². The maximum atomic E-state index is 14.6. The molecule has 3 aromatic rings. The SMILES string of the molecule is CS(=O)(=O)c1ccc(CC(=O)Nc2ccc(-c3ccc(F)cc3C(F)(F)F)c(F)c2)cc1. The van der Waals surface area contributed by atoms with Gasteiger partial charge in [-0.05, 0) is 53.6 Å². The third-order valence-electron chi connectivity index (χ3n) is 4.55. The van der Waals surface area contributed by atoms with Crippen LogP contribution in [0.5, 0.6) is 0 Å². The van der Waals surface area contributed by atoms with Gasteiger partial charge in [-0.3, -0.25) is 4.79 Å². The molecule has 1 N–H and O–H groups in total. The first-order chi connectivity index (χ1) is 14.8. The van der Waals surface area contributed by atoms with E-state index < -0.39 is 50.2 Å². The van der Waals surface area contributed by atoms with E-state index in [0.717, 1.165) is 30.5 Å². The van der Waals surface area contributed by atoms with E-state index in [1.165, 1.54) is 30.3 Å². The first-order valence-corrected chi connectivity index (χ1v) is 11.0. The normalized spacial score (nSPS) is 11.9. The second-order valence-corrected chi connectivity index (χ2v) is 9.04. The van der Waals surface area contributed by atoms with Crippen molar-refractivity contribution in [1.29, 1.82) is 0 Å². The Labute approximate surface area is 180 Å². The molecule has 0 atom stereocenters. The summed E-state index contributed by atoms with van der Waals surface area (Å²) in [5, 5.41) is 2.43. The molecule has 3 rings (SSSR count). The molecular weight excluding hydrogens is 453 g/mol. The number of rotatable bonds is 5. The highest BCUT2D eigenvalue weighted by Crippen LogP contribution is 2.38. The Bertz CT molecular complexity index is 1270. The number of carbonyl (C=O) groups excluding carboxylic acids is 1. The molecule has 0 radical (unpaired) electrons. The number of sulfone groups is 1. The van der Waals surface area contributed by atoms with Gasteiger partial charge < -0.3 is 5.32 Å². The van der Waals surface area contributed by atoms with Crippen LogP contribution in [0.15, 0.2) is 65.6 Å². The largest absolute Gasteiger partial charge is 0.417 e. The zero-order valence-electron chi connectivity index (χ0n) is 16.5. The predicted octanol–water partition coefficient (Wildman–Crippen LogP) is 5.24. The fourth-order valence-electron chi connectivity index (χ4n) is 3.04. The summed E-state index contributed by atoms with van der Waals surface area (Å²) in [4.78, 5) is 12.3. The van der Waals surface area contributed by atoms with Crippen LogP contribution in [0.1, 0.15) is 11.1 Å². The zero-order valence-corrected chi connectivity index (χ0v) is 17.3. The summed E-state index contributed by atoms with van der Waals surface area (Å²) in [5.74, 6) is -2.67. The Balaban J connectivity index is 1.78. The first-order valence-electron chi connectivity index (χ1n) is 9.10. The van der Waals surface area contributed by atoms with Crippen LogP contribution in [0, 0.1) is 11.6 Å². The van der Waals surface area contributed by atoms with Crippen molar-refractivity contribution < 1.29 is 35.2 Å². The van der Waals surface area contributed by atoms with E-state index in [-0.39, 0.29) is 17.0 Å². The fourth-order valence-corrected chi connectivity index (χ4v) is 3.67. The number of halogens is 5. The summed E-state index contributed by atoms with van der Waals surface area (Å²) in [6.45, 7) is 0. The lowest BCUT2D eigenvalue weighted by atomic mass is 9.98. The molecule has 0 spiro atoms. The van der Waals surface area contributed by atoms with Gasteiger partial charge >= 0.3 is 6.18 Å². The number of anilines is 1. The topological polar surface area (TPSA) is 63.2 Å². The maximum absolute atomic E-state index is 14.6. The van der Waals surface area contributed by atoms with Gasteiger partial charge in [0.25, 0.3) is 0 Å². The van der Waals surface area contributed by atoms with Crippen LogP contribution in [-0.4, -0.2) is 20.6 Å². The van der Waals surface area contributed by atoms with Crippen LogP contribution < -0.4 is 5.32 Å². The smallest absolute Gasteiger partial charge is 0.326 e. The highest BCUT2D eigenvalue weighted by Gasteiger charge is 2.34. The molecule has 0 fully saturated rings. The minimum Gasteiger partial charge on any atom is -0.326 e. The second kappa shape index (κ2) is 8.70. The zero-order chi connectivity index (χ0) is 23.7. The van der Waals surface area contributed by atoms with E-state index >= 15 is 0 Å². The Morgan fingerprint density at radius 3 is 2.09 bits per heavy atom. The molecule has 1 amide bonds. The number of carbonyl (C=O) groups is 1. The Morgan fingerprint density at radius 2 is 1.53 bits per heavy atom. The Hall–Kier alpha value is -3.27. The molecule has 0 aromatic heterocycles. The van der Waals surface area contributed by atoms with Gasteiger partial charge in [-0.15, -0.1) is 0 Å². The van der Waals surface area contributed by atoms with Gasteiger partial charge in [0.15, 0.2) is 9.84 Å². The number of alkyl halides is 3. The van der Waals surface area contributed by atoms with E-state index in [4.69, 9.17) is 0 Å². The molecule has 3 aromatic carbocycles. The maximum Gasteiger partial charge on any atom is 0.417 e. The van der Waals surface area contributed by atoms with E-state index in [1.807, 2.05) is 0 Å². The number of hydrogen-bond acceptors (Lipinski definition) is 3. The second-order valence-electron chi connectivity index (χ2n) is 7.02. The van der Waals surface area contributed by atoms with Crippen LogP contribution in [0.25, 0.3) is 11.1 Å². The monoisotopic (exact) mass is 469 g/mol. The van der Waals surface area contributed by atoms with Crippen molar-refractivity contribution in [1.82, 2.24) is 0 Å². The van der Waals surface area contributed by atoms with Gasteiger partial charge in [-0.2, -0.15) is 13.2 Å². The molecular formula is C22H16F5NO3S. The fraction of sp³-hybridized carbons (Fsp3) is 0.136. The highest BCUT2D eigenvalue weighted by molar-refractivity contribution is 7.90. The lowest BCUT2D eigenvalue weighted by molar-refractivity contribution is -0.137. The Kier molecular flexibility index (Phi) is 6.36. The summed E-state index contributed by atoms with van der Waals surface area (Å²) in [5.41, 5.74) is -1.72. The van der Waals surface area contributed by atoms with E-state index in [2.05, 4.69) is 5.32 Å². The molecule has 0 heterocycles. The molecule has 0 saturated carbocycles. The number of amides is 1. The van der Waals surface area contributed by atoms with Crippen LogP contribution in [0.3, 0.4) is 0 Å². The molecule has 0 aliphatic rings. The van der Waals surface area contributed by atoms with Crippen LogP contribution in [0.4, 0.5) is 27.6 Å². The van der Waals surface area contributed by atoms with Gasteiger partial charge in [-0.1, -0.05) is 18.2 Å². The average Bonchev–Trinajstić information content (AvgIpc) is 2.67. The van der Waals surface area contributed by atoms with E-state index in [0.29, 0.717) is 11.6 Å². The summed E-state index contributed by atoms with van der Waals surface area (Å²) in [6, 6.07) is 10.7. The molecule has 0 bridgehead atoms. The predicted molar refractivity (Wildman–Crippen MR) is 109 cm³/mol. The molecule has 10 heteroatoms. The number of benzene rings is 3. The van der Waals surface area contributed by atoms with Gasteiger partial charge in [0.1, 0.15) is 11.6 Å². The van der Waals surface area contributed by atoms with Crippen molar-refractivity contribution in [3.63, 3.8) is 0 Å². The minimum absolute atomic E-state index is 0.0136. The molecule has 0 unspecified atom stereocenters. The molecule has 0 saturated heterocycles. The molecule has 0 aliphatic heterocycles. The highest BCUT2D eigenvalue weighted by atomic mass is 32.2. The Morgan fingerprint density at radius 1 is 0.906 bits per heavy atom. The minimum atomic E-state index is -4.89. The lowest BCUT2D eigenvalue weighted by Gasteiger charge is -2.14. The third kappa shape index (κ3) is 5.50. The molecule has 32 heavy (non-hydrogen) atoms. The molecule has 4 nitrogen and oxygen atoms in total. The summed E-state index contributed by atoms with van der Waals surface area (Å²) in [7, 11) is -3.38.